The Balaban J connectivity index is 1.80. The molecule has 1 saturated heterocycles. The summed E-state index contributed by atoms with van der Waals surface area (Å²) in [5.41, 5.74) is 0.497. The first-order valence-corrected chi connectivity index (χ1v) is 8.13. The molecule has 1 aliphatic heterocycles. The number of fused-ring (bicyclic) bond motifs is 1. The quantitative estimate of drug-likeness (QED) is 0.809. The van der Waals surface area contributed by atoms with Gasteiger partial charge in [-0.1, -0.05) is 0 Å². The molecule has 22 heavy (non-hydrogen) atoms. The number of ether oxygens (including phenoxy) is 2. The lowest BCUT2D eigenvalue weighted by Gasteiger charge is -2.21. The molecule has 7 heteroatoms. The van der Waals surface area contributed by atoms with Crippen molar-refractivity contribution in [1.82, 2.24) is 9.55 Å². The van der Waals surface area contributed by atoms with Crippen LogP contribution in [-0.4, -0.2) is 34.8 Å². The van der Waals surface area contributed by atoms with Gasteiger partial charge in [-0.2, -0.15) is 0 Å². The number of aromatic nitrogens is 2. The Labute approximate surface area is 131 Å². The first kappa shape index (κ1) is 15.2. The molecule has 3 heterocycles. The number of rotatable bonds is 3. The normalized spacial score (nSPS) is 18.5. The van der Waals surface area contributed by atoms with Crippen LogP contribution in [0.3, 0.4) is 0 Å². The Morgan fingerprint density at radius 1 is 1.55 bits per heavy atom. The zero-order chi connectivity index (χ0) is 15.7. The molecular weight excluding hydrogens is 304 g/mol. The Morgan fingerprint density at radius 3 is 3.09 bits per heavy atom. The predicted octanol–water partition coefficient (Wildman–Crippen LogP) is 2.03. The van der Waals surface area contributed by atoms with Crippen LogP contribution >= 0.6 is 11.3 Å². The lowest BCUT2D eigenvalue weighted by atomic mass is 10.1. The van der Waals surface area contributed by atoms with E-state index in [0.29, 0.717) is 20.7 Å². The van der Waals surface area contributed by atoms with Gasteiger partial charge in [0.15, 0.2) is 0 Å². The van der Waals surface area contributed by atoms with Crippen molar-refractivity contribution >= 4 is 27.5 Å². The standard InChI is InChI=1S/C15H18N2O4S/c1-9-11-13(16-8-17(2)14(11)18)22-12(9)15(19)21-7-10-5-3-4-6-20-10/h8,10H,3-7H2,1-2H3. The molecule has 2 aromatic heterocycles. The number of nitrogens with zero attached hydrogens (tertiary/aromatic N) is 2. The Morgan fingerprint density at radius 2 is 2.36 bits per heavy atom. The van der Waals surface area contributed by atoms with Gasteiger partial charge in [-0.15, -0.1) is 11.3 Å². The molecule has 0 bridgehead atoms. The average Bonchev–Trinajstić information content (AvgIpc) is 2.87. The molecule has 1 fully saturated rings. The Bertz CT molecular complexity index is 759. The monoisotopic (exact) mass is 322 g/mol. The van der Waals surface area contributed by atoms with E-state index in [1.807, 2.05) is 0 Å². The van der Waals surface area contributed by atoms with E-state index < -0.39 is 5.97 Å². The van der Waals surface area contributed by atoms with E-state index >= 15 is 0 Å². The van der Waals surface area contributed by atoms with E-state index in [1.165, 1.54) is 22.2 Å². The average molecular weight is 322 g/mol. The van der Waals surface area contributed by atoms with Crippen LogP contribution in [0, 0.1) is 6.92 Å². The summed E-state index contributed by atoms with van der Waals surface area (Å²) in [7, 11) is 1.64. The van der Waals surface area contributed by atoms with Crippen LogP contribution in [0.15, 0.2) is 11.1 Å². The summed E-state index contributed by atoms with van der Waals surface area (Å²) in [4.78, 5) is 29.6. The van der Waals surface area contributed by atoms with E-state index in [-0.39, 0.29) is 18.3 Å². The number of carbonyl (C=O) groups excluding carboxylic acids is 1. The maximum Gasteiger partial charge on any atom is 0.348 e. The van der Waals surface area contributed by atoms with Crippen molar-refractivity contribution < 1.29 is 14.3 Å². The molecule has 0 spiro atoms. The number of hydrogen-bond acceptors (Lipinski definition) is 6. The van der Waals surface area contributed by atoms with Gasteiger partial charge in [0.1, 0.15) is 16.3 Å². The second kappa shape index (κ2) is 6.18. The third-order valence-corrected chi connectivity index (χ3v) is 5.05. The van der Waals surface area contributed by atoms with Gasteiger partial charge >= 0.3 is 5.97 Å². The Hall–Kier alpha value is -1.73. The second-order valence-corrected chi connectivity index (χ2v) is 6.48. The van der Waals surface area contributed by atoms with Crippen molar-refractivity contribution in [3.63, 3.8) is 0 Å². The van der Waals surface area contributed by atoms with Gasteiger partial charge < -0.3 is 14.0 Å². The van der Waals surface area contributed by atoms with Crippen LogP contribution in [0.4, 0.5) is 0 Å². The van der Waals surface area contributed by atoms with Gasteiger partial charge in [-0.3, -0.25) is 4.79 Å². The molecule has 1 atom stereocenters. The fraction of sp³-hybridized carbons (Fsp3) is 0.533. The molecule has 1 unspecified atom stereocenters. The molecule has 1 aliphatic rings. The van der Waals surface area contributed by atoms with E-state index in [4.69, 9.17) is 9.47 Å². The molecular formula is C15H18N2O4S. The largest absolute Gasteiger partial charge is 0.459 e. The molecule has 118 valence electrons. The predicted molar refractivity (Wildman–Crippen MR) is 83.5 cm³/mol. The van der Waals surface area contributed by atoms with Crippen molar-refractivity contribution in [2.24, 2.45) is 7.05 Å². The van der Waals surface area contributed by atoms with E-state index in [2.05, 4.69) is 4.98 Å². The second-order valence-electron chi connectivity index (χ2n) is 5.48. The van der Waals surface area contributed by atoms with Crippen LogP contribution in [0.5, 0.6) is 0 Å². The molecule has 0 radical (unpaired) electrons. The van der Waals surface area contributed by atoms with Gasteiger partial charge in [0.25, 0.3) is 5.56 Å². The smallest absolute Gasteiger partial charge is 0.348 e. The zero-order valence-corrected chi connectivity index (χ0v) is 13.4. The van der Waals surface area contributed by atoms with Gasteiger partial charge in [-0.05, 0) is 31.7 Å². The number of esters is 1. The highest BCUT2D eigenvalue weighted by Crippen LogP contribution is 2.27. The highest BCUT2D eigenvalue weighted by Gasteiger charge is 2.22. The summed E-state index contributed by atoms with van der Waals surface area (Å²) in [5, 5.41) is 0.496. The third kappa shape index (κ3) is 2.78. The zero-order valence-electron chi connectivity index (χ0n) is 12.6. The molecule has 0 amide bonds. The van der Waals surface area contributed by atoms with Crippen LogP contribution in [0.2, 0.25) is 0 Å². The number of thiophene rings is 1. The van der Waals surface area contributed by atoms with Gasteiger partial charge in [0, 0.05) is 13.7 Å². The number of aryl methyl sites for hydroxylation is 2. The summed E-state index contributed by atoms with van der Waals surface area (Å²) in [6.45, 7) is 2.75. The summed E-state index contributed by atoms with van der Waals surface area (Å²) < 4.78 is 12.3. The van der Waals surface area contributed by atoms with Crippen LogP contribution in [-0.2, 0) is 16.5 Å². The summed E-state index contributed by atoms with van der Waals surface area (Å²) in [6, 6.07) is 0. The van der Waals surface area contributed by atoms with Crippen LogP contribution in [0.25, 0.3) is 10.2 Å². The number of carbonyl (C=O) groups is 1. The first-order chi connectivity index (χ1) is 10.6. The number of hydrogen-bond donors (Lipinski definition) is 0. The van der Waals surface area contributed by atoms with Gasteiger partial charge in [-0.25, -0.2) is 9.78 Å². The molecule has 2 aromatic rings. The van der Waals surface area contributed by atoms with E-state index in [0.717, 1.165) is 25.9 Å². The SMILES string of the molecule is Cc1c(C(=O)OCC2CCCCO2)sc2ncn(C)c(=O)c12. The highest BCUT2D eigenvalue weighted by molar-refractivity contribution is 7.20. The Kier molecular flexibility index (Phi) is 4.26. The third-order valence-electron chi connectivity index (χ3n) is 3.87. The van der Waals surface area contributed by atoms with Gasteiger partial charge in [0.05, 0.1) is 17.8 Å². The molecule has 0 N–H and O–H groups in total. The molecule has 0 saturated carbocycles. The fourth-order valence-electron chi connectivity index (χ4n) is 2.58. The maximum absolute atomic E-state index is 12.3. The van der Waals surface area contributed by atoms with E-state index in [9.17, 15) is 9.59 Å². The van der Waals surface area contributed by atoms with Crippen LogP contribution < -0.4 is 5.56 Å². The van der Waals surface area contributed by atoms with Crippen LogP contribution in [0.1, 0.15) is 34.5 Å². The highest BCUT2D eigenvalue weighted by atomic mass is 32.1. The maximum atomic E-state index is 12.3. The summed E-state index contributed by atoms with van der Waals surface area (Å²) in [5.74, 6) is -0.406. The van der Waals surface area contributed by atoms with Crippen molar-refractivity contribution in [2.75, 3.05) is 13.2 Å². The lowest BCUT2D eigenvalue weighted by molar-refractivity contribution is -0.0298. The minimum atomic E-state index is -0.406. The van der Waals surface area contributed by atoms with Crippen molar-refractivity contribution in [1.29, 1.82) is 0 Å². The summed E-state index contributed by atoms with van der Waals surface area (Å²) in [6.07, 6.45) is 4.53. The molecule has 3 rings (SSSR count). The van der Waals surface area contributed by atoms with Crippen molar-refractivity contribution in [3.8, 4) is 0 Å². The lowest BCUT2D eigenvalue weighted by Crippen LogP contribution is -2.25. The van der Waals surface area contributed by atoms with Crippen molar-refractivity contribution in [3.05, 3.63) is 27.1 Å². The fourth-order valence-corrected chi connectivity index (χ4v) is 3.61. The van der Waals surface area contributed by atoms with Gasteiger partial charge in [0.2, 0.25) is 0 Å². The van der Waals surface area contributed by atoms with Crippen molar-refractivity contribution in [2.45, 2.75) is 32.3 Å². The first-order valence-electron chi connectivity index (χ1n) is 7.31. The summed E-state index contributed by atoms with van der Waals surface area (Å²) >= 11 is 1.20. The van der Waals surface area contributed by atoms with E-state index in [1.54, 1.807) is 14.0 Å². The molecule has 0 aliphatic carbocycles. The minimum Gasteiger partial charge on any atom is -0.459 e. The minimum absolute atomic E-state index is 0.0154. The molecule has 6 nitrogen and oxygen atoms in total. The topological polar surface area (TPSA) is 70.4 Å². The molecule has 0 aromatic carbocycles.